The molecule has 1 amide bonds. The average Bonchev–Trinajstić information content (AvgIpc) is 2.87. The zero-order valence-corrected chi connectivity index (χ0v) is 16.5. The smallest absolute Gasteiger partial charge is 0.251 e. The molecule has 0 atom stereocenters. The maximum Gasteiger partial charge on any atom is 0.251 e. The molecule has 0 unspecified atom stereocenters. The Morgan fingerprint density at radius 1 is 1.15 bits per heavy atom. The first-order valence-corrected chi connectivity index (χ1v) is 11.3. The number of sulfonamides is 1. The maximum atomic E-state index is 12.3. The van der Waals surface area contributed by atoms with Crippen LogP contribution in [0.25, 0.3) is 0 Å². The van der Waals surface area contributed by atoms with Crippen LogP contribution in [0.2, 0.25) is 0 Å². The van der Waals surface area contributed by atoms with Crippen LogP contribution in [0.5, 0.6) is 0 Å². The van der Waals surface area contributed by atoms with Gasteiger partial charge in [0.2, 0.25) is 10.0 Å². The molecule has 2 rings (SSSR count). The van der Waals surface area contributed by atoms with Crippen molar-refractivity contribution in [1.29, 1.82) is 0 Å². The van der Waals surface area contributed by atoms with Gasteiger partial charge in [-0.15, -0.1) is 0 Å². The third kappa shape index (κ3) is 7.33. The molecule has 1 aromatic carbocycles. The number of carbonyl (C=O) groups is 1. The van der Waals surface area contributed by atoms with Crippen LogP contribution in [-0.2, 0) is 10.0 Å². The van der Waals surface area contributed by atoms with E-state index in [0.29, 0.717) is 24.2 Å². The Hall–Kier alpha value is -1.60. The number of carbonyl (C=O) groups excluding carboxylic acids is 1. The second kappa shape index (κ2) is 10.5. The third-order valence-electron chi connectivity index (χ3n) is 4.51. The van der Waals surface area contributed by atoms with E-state index < -0.39 is 10.0 Å². The van der Waals surface area contributed by atoms with Crippen molar-refractivity contribution in [2.45, 2.75) is 45.4 Å². The van der Waals surface area contributed by atoms with Crippen LogP contribution in [0.15, 0.2) is 24.3 Å². The van der Waals surface area contributed by atoms with Crippen LogP contribution < -0.4 is 10.0 Å². The van der Waals surface area contributed by atoms with Gasteiger partial charge in [0, 0.05) is 17.8 Å². The molecule has 0 bridgehead atoms. The second-order valence-electron chi connectivity index (χ2n) is 6.87. The fourth-order valence-corrected chi connectivity index (χ4v) is 4.32. The molecule has 146 valence electrons. The van der Waals surface area contributed by atoms with E-state index in [4.69, 9.17) is 0 Å². The first-order valence-electron chi connectivity index (χ1n) is 9.61. The molecule has 1 heterocycles. The molecule has 1 aliphatic rings. The molecule has 1 saturated heterocycles. The number of hydrogen-bond donors (Lipinski definition) is 2. The number of rotatable bonds is 9. The lowest BCUT2D eigenvalue weighted by Gasteiger charge is -2.19. The summed E-state index contributed by atoms with van der Waals surface area (Å²) in [6, 6.07) is 6.62. The van der Waals surface area contributed by atoms with Crippen molar-refractivity contribution in [3.63, 3.8) is 0 Å². The molecular weight excluding hydrogens is 350 g/mol. The summed E-state index contributed by atoms with van der Waals surface area (Å²) in [5.41, 5.74) is 0.895. The summed E-state index contributed by atoms with van der Waals surface area (Å²) in [6.45, 7) is 5.77. The van der Waals surface area contributed by atoms with E-state index in [2.05, 4.69) is 14.9 Å². The lowest BCUT2D eigenvalue weighted by Crippen LogP contribution is -2.30. The summed E-state index contributed by atoms with van der Waals surface area (Å²) >= 11 is 0. The molecule has 0 radical (unpaired) electrons. The van der Waals surface area contributed by atoms with Gasteiger partial charge in [-0.05, 0) is 63.5 Å². The molecule has 0 aliphatic carbocycles. The number of anilines is 1. The highest BCUT2D eigenvalue weighted by molar-refractivity contribution is 7.92. The van der Waals surface area contributed by atoms with Gasteiger partial charge in [0.15, 0.2) is 0 Å². The predicted molar refractivity (Wildman–Crippen MR) is 106 cm³/mol. The summed E-state index contributed by atoms with van der Waals surface area (Å²) in [6.07, 6.45) is 6.67. The first-order chi connectivity index (χ1) is 12.5. The van der Waals surface area contributed by atoms with Crippen LogP contribution in [0, 0.1) is 0 Å². The quantitative estimate of drug-likeness (QED) is 0.645. The van der Waals surface area contributed by atoms with E-state index in [9.17, 15) is 13.2 Å². The second-order valence-corrected chi connectivity index (χ2v) is 8.71. The summed E-state index contributed by atoms with van der Waals surface area (Å²) < 4.78 is 26.2. The molecule has 2 N–H and O–H groups in total. The first kappa shape index (κ1) is 20.7. The van der Waals surface area contributed by atoms with Gasteiger partial charge in [-0.1, -0.05) is 25.8 Å². The van der Waals surface area contributed by atoms with Crippen LogP contribution in [0.1, 0.15) is 55.8 Å². The van der Waals surface area contributed by atoms with Gasteiger partial charge in [-0.25, -0.2) is 8.42 Å². The predicted octanol–water partition coefficient (Wildman–Crippen LogP) is 2.83. The highest BCUT2D eigenvalue weighted by Gasteiger charge is 2.12. The Labute approximate surface area is 157 Å². The van der Waals surface area contributed by atoms with Crippen molar-refractivity contribution in [3.8, 4) is 0 Å². The van der Waals surface area contributed by atoms with Crippen molar-refractivity contribution in [2.24, 2.45) is 0 Å². The average molecular weight is 382 g/mol. The van der Waals surface area contributed by atoms with E-state index in [1.807, 2.05) is 6.92 Å². The minimum Gasteiger partial charge on any atom is -0.352 e. The Morgan fingerprint density at radius 3 is 2.58 bits per heavy atom. The molecule has 26 heavy (non-hydrogen) atoms. The zero-order chi connectivity index (χ0) is 18.8. The fourth-order valence-electron chi connectivity index (χ4n) is 3.19. The zero-order valence-electron chi connectivity index (χ0n) is 15.7. The molecule has 1 aliphatic heterocycles. The molecule has 1 fully saturated rings. The highest BCUT2D eigenvalue weighted by Crippen LogP contribution is 2.13. The Kier molecular flexibility index (Phi) is 8.38. The fraction of sp³-hybridized carbons (Fsp3) is 0.632. The standard InChI is InChI=1S/C19H31N3O3S/c1-2-15-26(24,25)21-18-10-7-9-17(16-18)19(23)20-11-8-14-22-12-5-3-4-6-13-22/h7,9-10,16,21H,2-6,8,11-15H2,1H3,(H,20,23). The van der Waals surface area contributed by atoms with Gasteiger partial charge >= 0.3 is 0 Å². The van der Waals surface area contributed by atoms with Crippen LogP contribution in [-0.4, -0.2) is 51.2 Å². The number of benzene rings is 1. The van der Waals surface area contributed by atoms with Gasteiger partial charge in [-0.3, -0.25) is 9.52 Å². The van der Waals surface area contributed by atoms with Gasteiger partial charge in [0.1, 0.15) is 0 Å². The van der Waals surface area contributed by atoms with E-state index in [1.165, 1.54) is 25.7 Å². The van der Waals surface area contributed by atoms with Crippen molar-refractivity contribution < 1.29 is 13.2 Å². The van der Waals surface area contributed by atoms with Gasteiger partial charge < -0.3 is 10.2 Å². The normalized spacial score (nSPS) is 16.0. The lowest BCUT2D eigenvalue weighted by atomic mass is 10.2. The van der Waals surface area contributed by atoms with Crippen LogP contribution in [0.4, 0.5) is 5.69 Å². The van der Waals surface area contributed by atoms with Gasteiger partial charge in [0.05, 0.1) is 5.75 Å². The third-order valence-corrected chi connectivity index (χ3v) is 6.00. The van der Waals surface area contributed by atoms with Crippen molar-refractivity contribution in [2.75, 3.05) is 36.7 Å². The SMILES string of the molecule is CCCS(=O)(=O)Nc1cccc(C(=O)NCCCN2CCCCCC2)c1. The minimum atomic E-state index is -3.35. The molecule has 7 heteroatoms. The van der Waals surface area contributed by atoms with Crippen molar-refractivity contribution in [1.82, 2.24) is 10.2 Å². The van der Waals surface area contributed by atoms with E-state index in [0.717, 1.165) is 26.1 Å². The lowest BCUT2D eigenvalue weighted by molar-refractivity contribution is 0.0951. The van der Waals surface area contributed by atoms with Crippen molar-refractivity contribution >= 4 is 21.6 Å². The monoisotopic (exact) mass is 381 g/mol. The number of nitrogens with one attached hydrogen (secondary N) is 2. The molecule has 1 aromatic rings. The van der Waals surface area contributed by atoms with Gasteiger partial charge in [0.25, 0.3) is 5.91 Å². The Bertz CT molecular complexity index is 668. The topological polar surface area (TPSA) is 78.5 Å². The summed E-state index contributed by atoms with van der Waals surface area (Å²) in [5.74, 6) is -0.0997. The van der Waals surface area contributed by atoms with Gasteiger partial charge in [-0.2, -0.15) is 0 Å². The molecule has 0 aromatic heterocycles. The summed E-state index contributed by atoms with van der Waals surface area (Å²) in [4.78, 5) is 14.8. The molecular formula is C19H31N3O3S. The van der Waals surface area contributed by atoms with Crippen LogP contribution in [0.3, 0.4) is 0 Å². The number of hydrogen-bond acceptors (Lipinski definition) is 4. The van der Waals surface area contributed by atoms with Crippen LogP contribution >= 0.6 is 0 Å². The Morgan fingerprint density at radius 2 is 1.88 bits per heavy atom. The minimum absolute atomic E-state index is 0.0694. The summed E-state index contributed by atoms with van der Waals surface area (Å²) in [5, 5.41) is 2.93. The number of likely N-dealkylation sites (tertiary alicyclic amines) is 1. The highest BCUT2D eigenvalue weighted by atomic mass is 32.2. The van der Waals surface area contributed by atoms with E-state index in [-0.39, 0.29) is 11.7 Å². The molecule has 6 nitrogen and oxygen atoms in total. The maximum absolute atomic E-state index is 12.3. The van der Waals surface area contributed by atoms with Crippen molar-refractivity contribution in [3.05, 3.63) is 29.8 Å². The molecule has 0 spiro atoms. The summed E-state index contributed by atoms with van der Waals surface area (Å²) in [7, 11) is -3.35. The number of amides is 1. The Balaban J connectivity index is 1.79. The van der Waals surface area contributed by atoms with E-state index in [1.54, 1.807) is 24.3 Å². The van der Waals surface area contributed by atoms with E-state index >= 15 is 0 Å². The largest absolute Gasteiger partial charge is 0.352 e. The number of nitrogens with zero attached hydrogens (tertiary/aromatic N) is 1. The molecule has 0 saturated carbocycles.